The molecule has 2 aliphatic rings. The van der Waals surface area contributed by atoms with Crippen LogP contribution in [0.2, 0.25) is 0 Å². The van der Waals surface area contributed by atoms with E-state index < -0.39 is 5.41 Å². The van der Waals surface area contributed by atoms with E-state index in [0.29, 0.717) is 17.5 Å². The van der Waals surface area contributed by atoms with E-state index in [1.807, 2.05) is 19.1 Å². The number of benzene rings is 3. The highest BCUT2D eigenvalue weighted by Gasteiger charge is 2.56. The highest BCUT2D eigenvalue weighted by atomic mass is 16.3. The maximum absolute atomic E-state index is 14.1. The number of Topliss-reactive ketones (excluding diaryl/α,β-unsaturated/α-hetero) is 1. The third-order valence-corrected chi connectivity index (χ3v) is 8.41. The number of allylic oxidation sites excluding steroid dienone is 1. The number of hydrogen-bond acceptors (Lipinski definition) is 2. The van der Waals surface area contributed by atoms with Gasteiger partial charge >= 0.3 is 0 Å². The van der Waals surface area contributed by atoms with E-state index in [-0.39, 0.29) is 5.92 Å². The zero-order valence-electron chi connectivity index (χ0n) is 20.7. The molecule has 3 atom stereocenters. The fourth-order valence-electron chi connectivity index (χ4n) is 6.25. The number of phenolic OH excluding ortho intramolecular Hbond substituents is 1. The van der Waals surface area contributed by atoms with Gasteiger partial charge in [0.1, 0.15) is 5.75 Å². The largest absolute Gasteiger partial charge is 0.508 e. The van der Waals surface area contributed by atoms with Crippen LogP contribution in [0.4, 0.5) is 0 Å². The summed E-state index contributed by atoms with van der Waals surface area (Å²) in [6.07, 6.45) is 5.64. The Labute approximate surface area is 203 Å². The predicted molar refractivity (Wildman–Crippen MR) is 139 cm³/mol. The van der Waals surface area contributed by atoms with Crippen molar-refractivity contribution >= 4 is 11.9 Å². The molecule has 34 heavy (non-hydrogen) atoms. The van der Waals surface area contributed by atoms with Crippen LogP contribution >= 0.6 is 0 Å². The van der Waals surface area contributed by atoms with Crippen LogP contribution in [0, 0.1) is 33.1 Å². The lowest BCUT2D eigenvalue weighted by Gasteiger charge is -2.30. The van der Waals surface area contributed by atoms with Gasteiger partial charge in [-0.1, -0.05) is 60.2 Å². The first-order chi connectivity index (χ1) is 16.3. The van der Waals surface area contributed by atoms with E-state index in [0.717, 1.165) is 47.9 Å². The number of ketones is 1. The molecule has 1 N–H and O–H groups in total. The second-order valence-corrected chi connectivity index (χ2v) is 10.7. The quantitative estimate of drug-likeness (QED) is 0.415. The zero-order valence-corrected chi connectivity index (χ0v) is 20.7. The second-order valence-electron chi connectivity index (χ2n) is 10.7. The van der Waals surface area contributed by atoms with Crippen molar-refractivity contribution in [2.75, 3.05) is 0 Å². The molecule has 2 nitrogen and oxygen atoms in total. The molecule has 1 spiro atoms. The lowest BCUT2D eigenvalue weighted by Crippen LogP contribution is -2.28. The molecule has 2 heteroatoms. The molecule has 3 aromatic carbocycles. The average molecular weight is 451 g/mol. The van der Waals surface area contributed by atoms with E-state index in [2.05, 4.69) is 75.4 Å². The Morgan fingerprint density at radius 1 is 0.882 bits per heavy atom. The van der Waals surface area contributed by atoms with Gasteiger partial charge in [0.2, 0.25) is 0 Å². The molecule has 3 unspecified atom stereocenters. The first-order valence-corrected chi connectivity index (χ1v) is 12.5. The Morgan fingerprint density at radius 3 is 2.38 bits per heavy atom. The second kappa shape index (κ2) is 8.58. The number of phenols is 1. The summed E-state index contributed by atoms with van der Waals surface area (Å²) in [6, 6.07) is 21.1. The molecule has 0 aliphatic heterocycles. The molecule has 0 aromatic heterocycles. The summed E-state index contributed by atoms with van der Waals surface area (Å²) in [6.45, 7) is 8.33. The summed E-state index contributed by atoms with van der Waals surface area (Å²) in [7, 11) is 0. The smallest absolute Gasteiger partial charge is 0.165 e. The molecule has 0 heterocycles. The number of carbonyl (C=O) groups excluding carboxylic acids is 1. The molecule has 0 radical (unpaired) electrons. The van der Waals surface area contributed by atoms with Gasteiger partial charge in [0.25, 0.3) is 0 Å². The number of aromatic hydroxyl groups is 1. The van der Waals surface area contributed by atoms with Crippen LogP contribution < -0.4 is 0 Å². The third-order valence-electron chi connectivity index (χ3n) is 8.41. The Morgan fingerprint density at radius 2 is 1.65 bits per heavy atom. The molecule has 2 fully saturated rings. The van der Waals surface area contributed by atoms with Gasteiger partial charge in [-0.2, -0.15) is 0 Å². The minimum absolute atomic E-state index is 0.0964. The van der Waals surface area contributed by atoms with Crippen LogP contribution in [0.1, 0.15) is 76.5 Å². The molecule has 0 bridgehead atoms. The maximum Gasteiger partial charge on any atom is 0.165 e. The number of aryl methyl sites for hydroxylation is 4. The molecule has 2 saturated carbocycles. The highest BCUT2D eigenvalue weighted by molar-refractivity contribution is 6.07. The van der Waals surface area contributed by atoms with Crippen LogP contribution in [-0.4, -0.2) is 10.9 Å². The van der Waals surface area contributed by atoms with Crippen LogP contribution in [0.3, 0.4) is 0 Å². The van der Waals surface area contributed by atoms with Crippen molar-refractivity contribution in [2.45, 2.75) is 65.2 Å². The van der Waals surface area contributed by atoms with Gasteiger partial charge in [0.05, 0.1) is 0 Å². The lowest BCUT2D eigenvalue weighted by atomic mass is 9.71. The highest BCUT2D eigenvalue weighted by Crippen LogP contribution is 2.61. The van der Waals surface area contributed by atoms with Gasteiger partial charge in [0.15, 0.2) is 5.78 Å². The Balaban J connectivity index is 1.56. The first kappa shape index (κ1) is 22.7. The fourth-order valence-corrected chi connectivity index (χ4v) is 6.25. The summed E-state index contributed by atoms with van der Waals surface area (Å²) in [5.74, 6) is 1.12. The maximum atomic E-state index is 14.1. The van der Waals surface area contributed by atoms with Crippen molar-refractivity contribution < 1.29 is 9.90 Å². The van der Waals surface area contributed by atoms with E-state index >= 15 is 0 Å². The Kier molecular flexibility index (Phi) is 5.72. The average Bonchev–Trinajstić information content (AvgIpc) is 3.36. The van der Waals surface area contributed by atoms with Gasteiger partial charge in [-0.3, -0.25) is 4.79 Å². The summed E-state index contributed by atoms with van der Waals surface area (Å²) in [5.41, 5.74) is 8.76. The van der Waals surface area contributed by atoms with Gasteiger partial charge < -0.3 is 5.11 Å². The molecule has 5 rings (SSSR count). The zero-order chi connectivity index (χ0) is 24.0. The van der Waals surface area contributed by atoms with Crippen molar-refractivity contribution in [3.8, 4) is 5.75 Å². The van der Waals surface area contributed by atoms with E-state index in [1.165, 1.54) is 22.3 Å². The number of rotatable bonds is 3. The lowest BCUT2D eigenvalue weighted by molar-refractivity contribution is -0.123. The van der Waals surface area contributed by atoms with Gasteiger partial charge in [-0.25, -0.2) is 0 Å². The predicted octanol–water partition coefficient (Wildman–Crippen LogP) is 7.72. The summed E-state index contributed by atoms with van der Waals surface area (Å²) < 4.78 is 0. The van der Waals surface area contributed by atoms with Crippen molar-refractivity contribution in [3.05, 3.63) is 105 Å². The van der Waals surface area contributed by atoms with Crippen molar-refractivity contribution in [2.24, 2.45) is 5.41 Å². The molecule has 3 aromatic rings. The monoisotopic (exact) mass is 450 g/mol. The van der Waals surface area contributed by atoms with Crippen molar-refractivity contribution in [3.63, 3.8) is 0 Å². The fraction of sp³-hybridized carbons (Fsp3) is 0.344. The van der Waals surface area contributed by atoms with E-state index in [4.69, 9.17) is 0 Å². The van der Waals surface area contributed by atoms with Crippen LogP contribution in [0.25, 0.3) is 6.08 Å². The molecular formula is C32H34O2. The van der Waals surface area contributed by atoms with Gasteiger partial charge in [-0.15, -0.1) is 0 Å². The molecule has 2 aliphatic carbocycles. The number of carbonyl (C=O) groups is 1. The topological polar surface area (TPSA) is 37.3 Å². The molecule has 0 amide bonds. The summed E-state index contributed by atoms with van der Waals surface area (Å²) in [4.78, 5) is 14.1. The minimum atomic E-state index is -0.402. The van der Waals surface area contributed by atoms with Crippen LogP contribution in [-0.2, 0) is 4.79 Å². The summed E-state index contributed by atoms with van der Waals surface area (Å²) >= 11 is 0. The standard InChI is InChI=1S/C32H34O2/c1-20-6-5-7-24(14-20)16-28-17-29(26-11-9-22(3)30(33)18-26)32(31(28)34)13-12-27(19-32)25-10-8-21(2)23(4)15-25/h5-11,14-16,18,27,29,33H,12-13,17,19H2,1-4H3/b28-16+. The number of hydrogen-bond donors (Lipinski definition) is 1. The third kappa shape index (κ3) is 3.90. The Bertz CT molecular complexity index is 1300. The normalized spacial score (nSPS) is 25.5. The van der Waals surface area contributed by atoms with Crippen molar-refractivity contribution in [1.82, 2.24) is 0 Å². The van der Waals surface area contributed by atoms with E-state index in [1.54, 1.807) is 0 Å². The Hall–Kier alpha value is -3.13. The minimum Gasteiger partial charge on any atom is -0.508 e. The van der Waals surface area contributed by atoms with Crippen LogP contribution in [0.15, 0.2) is 66.2 Å². The van der Waals surface area contributed by atoms with E-state index in [9.17, 15) is 9.90 Å². The molecule has 174 valence electrons. The molecule has 0 saturated heterocycles. The van der Waals surface area contributed by atoms with Gasteiger partial charge in [0, 0.05) is 11.3 Å². The SMILES string of the molecule is Cc1cccc(/C=C2\CC(c3ccc(C)c(O)c3)C3(CCC(c4ccc(C)c(C)c4)C3)C2=O)c1. The van der Waals surface area contributed by atoms with Crippen LogP contribution in [0.5, 0.6) is 5.75 Å². The summed E-state index contributed by atoms with van der Waals surface area (Å²) in [5, 5.41) is 10.5. The molecular weight excluding hydrogens is 416 g/mol. The van der Waals surface area contributed by atoms with Gasteiger partial charge in [-0.05, 0) is 110 Å². The first-order valence-electron chi connectivity index (χ1n) is 12.5. The van der Waals surface area contributed by atoms with Crippen molar-refractivity contribution in [1.29, 1.82) is 0 Å².